The molecule has 0 aromatic heterocycles. The third-order valence-corrected chi connectivity index (χ3v) is 3.72. The minimum absolute atomic E-state index is 0.381. The van der Waals surface area contributed by atoms with Crippen molar-refractivity contribution in [3.8, 4) is 0 Å². The Morgan fingerprint density at radius 1 is 1.53 bits per heavy atom. The summed E-state index contributed by atoms with van der Waals surface area (Å²) in [6.07, 6.45) is 2.29. The van der Waals surface area contributed by atoms with E-state index >= 15 is 0 Å². The number of methoxy groups -OCH3 is 1. The Morgan fingerprint density at radius 2 is 2.37 bits per heavy atom. The third-order valence-electron chi connectivity index (χ3n) is 3.72. The Bertz CT molecular complexity index is 433. The van der Waals surface area contributed by atoms with Crippen LogP contribution in [0.4, 0.5) is 0 Å². The lowest BCUT2D eigenvalue weighted by Gasteiger charge is -2.32. The van der Waals surface area contributed by atoms with Crippen molar-refractivity contribution >= 4 is 5.97 Å². The predicted molar refractivity (Wildman–Crippen MR) is 73.7 cm³/mol. The van der Waals surface area contributed by atoms with Crippen molar-refractivity contribution in [3.63, 3.8) is 0 Å². The zero-order chi connectivity index (χ0) is 13.7. The van der Waals surface area contributed by atoms with Crippen molar-refractivity contribution in [3.05, 3.63) is 35.4 Å². The highest BCUT2D eigenvalue weighted by molar-refractivity contribution is 5.87. The number of rotatable bonds is 5. The van der Waals surface area contributed by atoms with Crippen LogP contribution in [0.2, 0.25) is 0 Å². The maximum Gasteiger partial charge on any atom is 0.335 e. The van der Waals surface area contributed by atoms with Crippen LogP contribution in [0.3, 0.4) is 0 Å². The fourth-order valence-electron chi connectivity index (χ4n) is 2.68. The monoisotopic (exact) mass is 263 g/mol. The smallest absolute Gasteiger partial charge is 0.335 e. The van der Waals surface area contributed by atoms with E-state index in [9.17, 15) is 4.79 Å². The van der Waals surface area contributed by atoms with Crippen LogP contribution in [0, 0.1) is 0 Å². The normalized spacial score (nSPS) is 20.4. The van der Waals surface area contributed by atoms with Gasteiger partial charge in [0.15, 0.2) is 0 Å². The van der Waals surface area contributed by atoms with E-state index in [2.05, 4.69) is 4.90 Å². The van der Waals surface area contributed by atoms with E-state index < -0.39 is 5.97 Å². The first kappa shape index (κ1) is 14.0. The largest absolute Gasteiger partial charge is 0.478 e. The zero-order valence-corrected chi connectivity index (χ0v) is 11.3. The SMILES string of the molecule is COCCN1CCCC(c2cccc(C(=O)O)c2)C1. The molecule has 0 saturated carbocycles. The topological polar surface area (TPSA) is 49.8 Å². The molecule has 1 fully saturated rings. The highest BCUT2D eigenvalue weighted by atomic mass is 16.5. The van der Waals surface area contributed by atoms with Crippen LogP contribution in [0.1, 0.15) is 34.7 Å². The van der Waals surface area contributed by atoms with Gasteiger partial charge in [-0.3, -0.25) is 0 Å². The second kappa shape index (κ2) is 6.68. The number of aromatic carboxylic acids is 1. The van der Waals surface area contributed by atoms with Crippen molar-refractivity contribution < 1.29 is 14.6 Å². The number of carboxylic acid groups (broad SMARTS) is 1. The molecule has 0 spiro atoms. The molecule has 4 nitrogen and oxygen atoms in total. The number of benzene rings is 1. The van der Waals surface area contributed by atoms with Gasteiger partial charge in [-0.05, 0) is 43.0 Å². The molecule has 0 amide bonds. The zero-order valence-electron chi connectivity index (χ0n) is 11.3. The average Bonchev–Trinajstić information content (AvgIpc) is 2.45. The number of carbonyl (C=O) groups is 1. The Hall–Kier alpha value is -1.39. The van der Waals surface area contributed by atoms with Crippen LogP contribution in [-0.4, -0.2) is 49.3 Å². The Morgan fingerprint density at radius 3 is 3.11 bits per heavy atom. The maximum absolute atomic E-state index is 11.0. The second-order valence-corrected chi connectivity index (χ2v) is 5.06. The van der Waals surface area contributed by atoms with Gasteiger partial charge in [-0.25, -0.2) is 4.79 Å². The van der Waals surface area contributed by atoms with E-state index in [0.717, 1.165) is 44.6 Å². The van der Waals surface area contributed by atoms with Gasteiger partial charge < -0.3 is 14.7 Å². The summed E-state index contributed by atoms with van der Waals surface area (Å²) < 4.78 is 5.12. The van der Waals surface area contributed by atoms with Gasteiger partial charge >= 0.3 is 5.97 Å². The highest BCUT2D eigenvalue weighted by Crippen LogP contribution is 2.27. The fourth-order valence-corrected chi connectivity index (χ4v) is 2.68. The quantitative estimate of drug-likeness (QED) is 0.885. The molecule has 1 aliphatic rings. The summed E-state index contributed by atoms with van der Waals surface area (Å²) in [5.74, 6) is -0.418. The van der Waals surface area contributed by atoms with E-state index in [1.165, 1.54) is 0 Å². The molecule has 19 heavy (non-hydrogen) atoms. The molecule has 104 valence electrons. The lowest BCUT2D eigenvalue weighted by Crippen LogP contribution is -2.36. The Labute approximate surface area is 114 Å². The van der Waals surface area contributed by atoms with Crippen molar-refractivity contribution in [2.24, 2.45) is 0 Å². The van der Waals surface area contributed by atoms with Gasteiger partial charge in [0, 0.05) is 20.2 Å². The van der Waals surface area contributed by atoms with Gasteiger partial charge in [0.25, 0.3) is 0 Å². The molecule has 1 aromatic carbocycles. The van der Waals surface area contributed by atoms with Gasteiger partial charge in [0.2, 0.25) is 0 Å². The lowest BCUT2D eigenvalue weighted by molar-refractivity contribution is 0.0696. The third kappa shape index (κ3) is 3.78. The van der Waals surface area contributed by atoms with Gasteiger partial charge in [-0.2, -0.15) is 0 Å². The number of carboxylic acids is 1. The Kier molecular flexibility index (Phi) is 4.93. The molecule has 4 heteroatoms. The van der Waals surface area contributed by atoms with Gasteiger partial charge in [-0.1, -0.05) is 12.1 Å². The summed E-state index contributed by atoms with van der Waals surface area (Å²) in [6.45, 7) is 3.80. The van der Waals surface area contributed by atoms with Crippen LogP contribution in [0.5, 0.6) is 0 Å². The highest BCUT2D eigenvalue weighted by Gasteiger charge is 2.21. The molecule has 0 aliphatic carbocycles. The summed E-state index contributed by atoms with van der Waals surface area (Å²) in [4.78, 5) is 13.4. The Balaban J connectivity index is 2.04. The van der Waals surface area contributed by atoms with Gasteiger partial charge in [0.05, 0.1) is 12.2 Å². The number of hydrogen-bond acceptors (Lipinski definition) is 3. The second-order valence-electron chi connectivity index (χ2n) is 5.06. The molecule has 0 radical (unpaired) electrons. The number of hydrogen-bond donors (Lipinski definition) is 1. The van der Waals surface area contributed by atoms with E-state index in [1.54, 1.807) is 13.2 Å². The minimum Gasteiger partial charge on any atom is -0.478 e. The molecule has 1 unspecified atom stereocenters. The standard InChI is InChI=1S/C15H21NO3/c1-19-9-8-16-7-3-6-14(11-16)12-4-2-5-13(10-12)15(17)18/h2,4-5,10,14H,3,6-9,11H2,1H3,(H,17,18). The molecule has 1 saturated heterocycles. The van der Waals surface area contributed by atoms with Crippen LogP contribution in [0.25, 0.3) is 0 Å². The first-order valence-corrected chi connectivity index (χ1v) is 6.75. The minimum atomic E-state index is -0.853. The molecule has 1 aromatic rings. The van der Waals surface area contributed by atoms with Gasteiger partial charge in [-0.15, -0.1) is 0 Å². The molecular formula is C15H21NO3. The van der Waals surface area contributed by atoms with E-state index in [4.69, 9.17) is 9.84 Å². The molecule has 0 bridgehead atoms. The van der Waals surface area contributed by atoms with Crippen LogP contribution in [-0.2, 0) is 4.74 Å². The summed E-state index contributed by atoms with van der Waals surface area (Å²) in [5.41, 5.74) is 1.52. The number of nitrogens with zero attached hydrogens (tertiary/aromatic N) is 1. The van der Waals surface area contributed by atoms with Crippen LogP contribution >= 0.6 is 0 Å². The molecular weight excluding hydrogens is 242 g/mol. The lowest BCUT2D eigenvalue weighted by atomic mass is 9.90. The van der Waals surface area contributed by atoms with Crippen LogP contribution in [0.15, 0.2) is 24.3 Å². The molecule has 1 aliphatic heterocycles. The van der Waals surface area contributed by atoms with Crippen molar-refractivity contribution in [1.82, 2.24) is 4.90 Å². The molecule has 1 heterocycles. The van der Waals surface area contributed by atoms with E-state index in [0.29, 0.717) is 11.5 Å². The summed E-state index contributed by atoms with van der Waals surface area (Å²) in [7, 11) is 1.72. The van der Waals surface area contributed by atoms with Gasteiger partial charge in [0.1, 0.15) is 0 Å². The van der Waals surface area contributed by atoms with E-state index in [1.807, 2.05) is 18.2 Å². The van der Waals surface area contributed by atoms with E-state index in [-0.39, 0.29) is 0 Å². The summed E-state index contributed by atoms with van der Waals surface area (Å²) in [6, 6.07) is 7.34. The van der Waals surface area contributed by atoms with Crippen molar-refractivity contribution in [1.29, 1.82) is 0 Å². The molecule has 1 N–H and O–H groups in total. The van der Waals surface area contributed by atoms with Crippen LogP contribution < -0.4 is 0 Å². The first-order valence-electron chi connectivity index (χ1n) is 6.75. The average molecular weight is 263 g/mol. The number of piperidine rings is 1. The number of likely N-dealkylation sites (tertiary alicyclic amines) is 1. The maximum atomic E-state index is 11.0. The first-order chi connectivity index (χ1) is 9.20. The summed E-state index contributed by atoms with van der Waals surface area (Å²) in [5, 5.41) is 9.05. The van der Waals surface area contributed by atoms with Crippen molar-refractivity contribution in [2.45, 2.75) is 18.8 Å². The van der Waals surface area contributed by atoms with Crippen molar-refractivity contribution in [2.75, 3.05) is 33.4 Å². The molecule has 2 rings (SSSR count). The summed E-state index contributed by atoms with van der Waals surface area (Å²) >= 11 is 0. The predicted octanol–water partition coefficient (Wildman–Crippen LogP) is 2.21. The fraction of sp³-hybridized carbons (Fsp3) is 0.533. The number of ether oxygens (including phenoxy) is 1. The molecule has 1 atom stereocenters.